The number of hydrogen-bond acceptors (Lipinski definition) is 5. The normalized spacial score (nSPS) is 25.4. The van der Waals surface area contributed by atoms with Crippen molar-refractivity contribution in [1.29, 1.82) is 0 Å². The molecule has 3 aliphatic heterocycles. The molecule has 1 aromatic rings. The van der Waals surface area contributed by atoms with Crippen molar-refractivity contribution < 1.29 is 9.53 Å². The van der Waals surface area contributed by atoms with Crippen molar-refractivity contribution in [2.24, 2.45) is 0 Å². The number of aromatic nitrogens is 1. The number of ether oxygens (including phenoxy) is 1. The molecule has 1 unspecified atom stereocenters. The molecule has 3 saturated heterocycles. The number of nitrogens with zero attached hydrogens (tertiary/aromatic N) is 4. The summed E-state index contributed by atoms with van der Waals surface area (Å²) in [5, 5.41) is 0. The molecule has 0 saturated carbocycles. The maximum atomic E-state index is 12.8. The van der Waals surface area contributed by atoms with Gasteiger partial charge in [-0.2, -0.15) is 0 Å². The molecule has 6 nitrogen and oxygen atoms in total. The smallest absolute Gasteiger partial charge is 0.255 e. The summed E-state index contributed by atoms with van der Waals surface area (Å²) >= 11 is 0. The minimum atomic E-state index is 0.126. The number of amides is 1. The Hall–Kier alpha value is -1.66. The zero-order chi connectivity index (χ0) is 16.4. The number of rotatable bonds is 2. The molecule has 3 fully saturated rings. The lowest BCUT2D eigenvalue weighted by Gasteiger charge is -2.44. The van der Waals surface area contributed by atoms with Crippen LogP contribution in [0.25, 0.3) is 0 Å². The number of carbonyl (C=O) groups is 1. The molecule has 6 heteroatoms. The summed E-state index contributed by atoms with van der Waals surface area (Å²) in [7, 11) is 0. The molecule has 0 aliphatic carbocycles. The molecule has 0 aromatic carbocycles. The number of pyridine rings is 1. The Morgan fingerprint density at radius 2 is 1.96 bits per heavy atom. The highest BCUT2D eigenvalue weighted by Gasteiger charge is 2.31. The first-order valence-corrected chi connectivity index (χ1v) is 9.13. The highest BCUT2D eigenvalue weighted by molar-refractivity contribution is 5.94. The van der Waals surface area contributed by atoms with Gasteiger partial charge in [-0.15, -0.1) is 0 Å². The molecule has 1 atom stereocenters. The second-order valence-corrected chi connectivity index (χ2v) is 6.94. The molecule has 3 aliphatic rings. The first-order valence-electron chi connectivity index (χ1n) is 9.13. The number of carbonyl (C=O) groups excluding carboxylic acids is 1. The van der Waals surface area contributed by atoms with Crippen molar-refractivity contribution in [3.63, 3.8) is 0 Å². The van der Waals surface area contributed by atoms with Crippen molar-refractivity contribution in [2.45, 2.75) is 25.3 Å². The topological polar surface area (TPSA) is 48.9 Å². The van der Waals surface area contributed by atoms with Gasteiger partial charge in [0.1, 0.15) is 5.82 Å². The Bertz CT molecular complexity index is 571. The van der Waals surface area contributed by atoms with Crippen LogP contribution < -0.4 is 4.90 Å². The molecule has 4 heterocycles. The predicted octanol–water partition coefficient (Wildman–Crippen LogP) is 1.23. The Morgan fingerprint density at radius 1 is 1.08 bits per heavy atom. The largest absolute Gasteiger partial charge is 0.378 e. The van der Waals surface area contributed by atoms with E-state index in [0.29, 0.717) is 11.6 Å². The van der Waals surface area contributed by atoms with Crippen LogP contribution in [0.3, 0.4) is 0 Å². The highest BCUT2D eigenvalue weighted by atomic mass is 16.5. The van der Waals surface area contributed by atoms with Crippen LogP contribution in [0.15, 0.2) is 18.3 Å². The van der Waals surface area contributed by atoms with Crippen LogP contribution in [0.5, 0.6) is 0 Å². The van der Waals surface area contributed by atoms with Crippen LogP contribution in [0.4, 0.5) is 5.82 Å². The zero-order valence-electron chi connectivity index (χ0n) is 14.2. The van der Waals surface area contributed by atoms with Crippen molar-refractivity contribution in [3.05, 3.63) is 23.9 Å². The van der Waals surface area contributed by atoms with E-state index in [1.807, 2.05) is 17.0 Å². The van der Waals surface area contributed by atoms with Crippen LogP contribution in [0.2, 0.25) is 0 Å². The Kier molecular flexibility index (Phi) is 4.67. The van der Waals surface area contributed by atoms with E-state index in [1.54, 1.807) is 6.20 Å². The fourth-order valence-corrected chi connectivity index (χ4v) is 4.02. The lowest BCUT2D eigenvalue weighted by atomic mass is 9.99. The molecule has 1 amide bonds. The molecule has 0 bridgehead atoms. The van der Waals surface area contributed by atoms with Crippen LogP contribution >= 0.6 is 0 Å². The summed E-state index contributed by atoms with van der Waals surface area (Å²) in [6, 6.07) is 4.44. The molecule has 4 rings (SSSR count). The van der Waals surface area contributed by atoms with E-state index in [2.05, 4.69) is 14.8 Å². The number of piperidine rings is 1. The van der Waals surface area contributed by atoms with E-state index >= 15 is 0 Å². The summed E-state index contributed by atoms with van der Waals surface area (Å²) in [5.74, 6) is 1.06. The first-order chi connectivity index (χ1) is 11.8. The predicted molar refractivity (Wildman–Crippen MR) is 92.4 cm³/mol. The summed E-state index contributed by atoms with van der Waals surface area (Å²) in [4.78, 5) is 24.1. The summed E-state index contributed by atoms with van der Waals surface area (Å²) in [5.41, 5.74) is 0.705. The van der Waals surface area contributed by atoms with Gasteiger partial charge in [0.2, 0.25) is 0 Å². The van der Waals surface area contributed by atoms with Crippen LogP contribution in [0, 0.1) is 0 Å². The third-order valence-corrected chi connectivity index (χ3v) is 5.45. The number of morpholine rings is 1. The van der Waals surface area contributed by atoms with Gasteiger partial charge >= 0.3 is 0 Å². The van der Waals surface area contributed by atoms with Crippen LogP contribution in [-0.2, 0) is 4.74 Å². The number of fused-ring (bicyclic) bond motifs is 1. The molecule has 24 heavy (non-hydrogen) atoms. The van der Waals surface area contributed by atoms with Gasteiger partial charge in [0, 0.05) is 45.0 Å². The number of piperazine rings is 1. The maximum absolute atomic E-state index is 12.8. The van der Waals surface area contributed by atoms with Crippen molar-refractivity contribution >= 4 is 11.7 Å². The third kappa shape index (κ3) is 3.26. The van der Waals surface area contributed by atoms with E-state index in [4.69, 9.17) is 4.74 Å². The quantitative estimate of drug-likeness (QED) is 0.816. The molecule has 1 aromatic heterocycles. The van der Waals surface area contributed by atoms with Crippen molar-refractivity contribution in [2.75, 3.05) is 57.4 Å². The van der Waals surface area contributed by atoms with Gasteiger partial charge in [0.25, 0.3) is 5.91 Å². The lowest BCUT2D eigenvalue weighted by Crippen LogP contribution is -2.56. The second-order valence-electron chi connectivity index (χ2n) is 6.94. The summed E-state index contributed by atoms with van der Waals surface area (Å²) in [6.45, 7) is 7.12. The number of anilines is 1. The van der Waals surface area contributed by atoms with E-state index in [-0.39, 0.29) is 5.91 Å². The zero-order valence-corrected chi connectivity index (χ0v) is 14.2. The number of hydrogen-bond donors (Lipinski definition) is 0. The van der Waals surface area contributed by atoms with E-state index in [1.165, 1.54) is 25.8 Å². The lowest BCUT2D eigenvalue weighted by molar-refractivity contribution is 0.0372. The molecular formula is C18H26N4O2. The molecule has 130 valence electrons. The molecular weight excluding hydrogens is 304 g/mol. The fraction of sp³-hybridized carbons (Fsp3) is 0.667. The second kappa shape index (κ2) is 7.07. The van der Waals surface area contributed by atoms with E-state index < -0.39 is 0 Å². The standard InChI is InChI=1S/C18H26N4O2/c23-18(22-8-7-20-6-2-1-3-16(20)14-22)15-4-5-17(19-13-15)21-9-11-24-12-10-21/h4-5,13,16H,1-3,6-12,14H2. The van der Waals surface area contributed by atoms with E-state index in [9.17, 15) is 4.79 Å². The summed E-state index contributed by atoms with van der Waals surface area (Å²) < 4.78 is 5.37. The Balaban J connectivity index is 1.40. The third-order valence-electron chi connectivity index (χ3n) is 5.45. The van der Waals surface area contributed by atoms with Gasteiger partial charge in [-0.3, -0.25) is 9.69 Å². The van der Waals surface area contributed by atoms with Gasteiger partial charge in [-0.05, 0) is 31.5 Å². The van der Waals surface area contributed by atoms with Crippen LogP contribution in [0.1, 0.15) is 29.6 Å². The van der Waals surface area contributed by atoms with Crippen LogP contribution in [-0.4, -0.2) is 79.2 Å². The Morgan fingerprint density at radius 3 is 2.75 bits per heavy atom. The maximum Gasteiger partial charge on any atom is 0.255 e. The SMILES string of the molecule is O=C(c1ccc(N2CCOCC2)nc1)N1CCN2CCCCC2C1. The first kappa shape index (κ1) is 15.8. The Labute approximate surface area is 143 Å². The average Bonchev–Trinajstić information content (AvgIpc) is 2.68. The van der Waals surface area contributed by atoms with E-state index in [0.717, 1.165) is 51.8 Å². The molecule has 0 spiro atoms. The fourth-order valence-electron chi connectivity index (χ4n) is 4.02. The van der Waals surface area contributed by atoms with Crippen molar-refractivity contribution in [1.82, 2.24) is 14.8 Å². The minimum absolute atomic E-state index is 0.126. The van der Waals surface area contributed by atoms with Gasteiger partial charge in [0.15, 0.2) is 0 Å². The van der Waals surface area contributed by atoms with Gasteiger partial charge in [-0.1, -0.05) is 6.42 Å². The highest BCUT2D eigenvalue weighted by Crippen LogP contribution is 2.22. The molecule has 0 radical (unpaired) electrons. The summed E-state index contributed by atoms with van der Waals surface area (Å²) in [6.07, 6.45) is 5.55. The minimum Gasteiger partial charge on any atom is -0.378 e. The van der Waals surface area contributed by atoms with Crippen molar-refractivity contribution in [3.8, 4) is 0 Å². The van der Waals surface area contributed by atoms with Gasteiger partial charge in [-0.25, -0.2) is 4.98 Å². The average molecular weight is 330 g/mol. The molecule has 0 N–H and O–H groups in total. The van der Waals surface area contributed by atoms with Gasteiger partial charge < -0.3 is 14.5 Å². The monoisotopic (exact) mass is 330 g/mol. The van der Waals surface area contributed by atoms with Gasteiger partial charge in [0.05, 0.1) is 18.8 Å².